The van der Waals surface area contributed by atoms with Crippen molar-refractivity contribution in [2.24, 2.45) is 5.73 Å². The highest BCUT2D eigenvalue weighted by atomic mass is 35.5. The predicted octanol–water partition coefficient (Wildman–Crippen LogP) is 2.29. The van der Waals surface area contributed by atoms with Crippen LogP contribution in [0.3, 0.4) is 0 Å². The Morgan fingerprint density at radius 1 is 1.41 bits per heavy atom. The lowest BCUT2D eigenvalue weighted by molar-refractivity contribution is 0.854. The van der Waals surface area contributed by atoms with Gasteiger partial charge in [0.25, 0.3) is 0 Å². The van der Waals surface area contributed by atoms with Crippen molar-refractivity contribution >= 4 is 28.9 Å². The van der Waals surface area contributed by atoms with Gasteiger partial charge in [0.15, 0.2) is 0 Å². The lowest BCUT2D eigenvalue weighted by Gasteiger charge is -2.16. The van der Waals surface area contributed by atoms with Crippen molar-refractivity contribution in [2.75, 3.05) is 11.9 Å². The van der Waals surface area contributed by atoms with Crippen LogP contribution in [-0.2, 0) is 13.1 Å². The van der Waals surface area contributed by atoms with Crippen LogP contribution in [0.2, 0.25) is 4.34 Å². The first kappa shape index (κ1) is 12.3. The fraction of sp³-hybridized carbons (Fsp3) is 0.273. The van der Waals surface area contributed by atoms with E-state index < -0.39 is 0 Å². The number of aromatic nitrogens is 2. The van der Waals surface area contributed by atoms with Crippen LogP contribution in [0.4, 0.5) is 5.95 Å². The van der Waals surface area contributed by atoms with Crippen molar-refractivity contribution in [1.29, 1.82) is 0 Å². The smallest absolute Gasteiger partial charge is 0.225 e. The van der Waals surface area contributed by atoms with Crippen molar-refractivity contribution in [1.82, 2.24) is 9.97 Å². The standard InChI is InChI=1S/C11H13ClN4S/c1-16(7-9-2-3-10(12)17-9)11-14-5-4-8(6-13)15-11/h2-5H,6-7,13H2,1H3. The van der Waals surface area contributed by atoms with Crippen molar-refractivity contribution in [3.8, 4) is 0 Å². The van der Waals surface area contributed by atoms with Crippen LogP contribution in [0.25, 0.3) is 0 Å². The molecule has 0 spiro atoms. The number of thiophene rings is 1. The summed E-state index contributed by atoms with van der Waals surface area (Å²) in [6.45, 7) is 1.17. The fourth-order valence-electron chi connectivity index (χ4n) is 1.42. The summed E-state index contributed by atoms with van der Waals surface area (Å²) >= 11 is 7.45. The Kier molecular flexibility index (Phi) is 3.93. The van der Waals surface area contributed by atoms with Crippen LogP contribution < -0.4 is 10.6 Å². The van der Waals surface area contributed by atoms with Gasteiger partial charge in [0.1, 0.15) is 0 Å². The second-order valence-corrected chi connectivity index (χ2v) is 5.41. The number of halogens is 1. The normalized spacial score (nSPS) is 10.5. The van der Waals surface area contributed by atoms with E-state index in [1.165, 1.54) is 4.88 Å². The molecule has 0 atom stereocenters. The van der Waals surface area contributed by atoms with E-state index in [4.69, 9.17) is 17.3 Å². The number of nitrogens with zero attached hydrogens (tertiary/aromatic N) is 3. The van der Waals surface area contributed by atoms with Crippen LogP contribution in [0.5, 0.6) is 0 Å². The average molecular weight is 269 g/mol. The Labute approximate surface area is 109 Å². The first-order chi connectivity index (χ1) is 8.19. The second kappa shape index (κ2) is 5.44. The quantitative estimate of drug-likeness (QED) is 0.924. The van der Waals surface area contributed by atoms with E-state index >= 15 is 0 Å². The van der Waals surface area contributed by atoms with Gasteiger partial charge >= 0.3 is 0 Å². The topological polar surface area (TPSA) is 55.0 Å². The van der Waals surface area contributed by atoms with Crippen LogP contribution in [0, 0.1) is 0 Å². The van der Waals surface area contributed by atoms with Gasteiger partial charge in [-0.05, 0) is 18.2 Å². The molecule has 0 amide bonds. The van der Waals surface area contributed by atoms with Gasteiger partial charge in [-0.3, -0.25) is 0 Å². The molecule has 0 aliphatic carbocycles. The molecule has 2 rings (SSSR count). The Morgan fingerprint density at radius 2 is 2.24 bits per heavy atom. The van der Waals surface area contributed by atoms with Crippen LogP contribution in [0.15, 0.2) is 24.4 Å². The molecule has 0 aromatic carbocycles. The molecule has 0 radical (unpaired) electrons. The van der Waals surface area contributed by atoms with Gasteiger partial charge in [0.05, 0.1) is 16.6 Å². The summed E-state index contributed by atoms with van der Waals surface area (Å²) in [5, 5.41) is 0. The summed E-state index contributed by atoms with van der Waals surface area (Å²) in [5.74, 6) is 0.678. The highest BCUT2D eigenvalue weighted by molar-refractivity contribution is 7.16. The number of rotatable bonds is 4. The molecule has 0 fully saturated rings. The number of nitrogens with two attached hydrogens (primary N) is 1. The van der Waals surface area contributed by atoms with Gasteiger partial charge in [0.2, 0.25) is 5.95 Å². The molecule has 0 aliphatic rings. The summed E-state index contributed by atoms with van der Waals surface area (Å²) in [6, 6.07) is 5.72. The van der Waals surface area contributed by atoms with Gasteiger partial charge in [-0.2, -0.15) is 0 Å². The molecule has 17 heavy (non-hydrogen) atoms. The Morgan fingerprint density at radius 3 is 2.88 bits per heavy atom. The van der Waals surface area contributed by atoms with Gasteiger partial charge in [-0.1, -0.05) is 11.6 Å². The van der Waals surface area contributed by atoms with Gasteiger partial charge < -0.3 is 10.6 Å². The zero-order chi connectivity index (χ0) is 12.3. The Bertz CT molecular complexity index is 500. The first-order valence-electron chi connectivity index (χ1n) is 5.16. The SMILES string of the molecule is CN(Cc1ccc(Cl)s1)c1nccc(CN)n1. The molecule has 0 unspecified atom stereocenters. The van der Waals surface area contributed by atoms with Crippen LogP contribution in [-0.4, -0.2) is 17.0 Å². The van der Waals surface area contributed by atoms with Gasteiger partial charge in [-0.25, -0.2) is 9.97 Å². The van der Waals surface area contributed by atoms with Crippen LogP contribution >= 0.6 is 22.9 Å². The molecular weight excluding hydrogens is 256 g/mol. The highest BCUT2D eigenvalue weighted by Crippen LogP contribution is 2.23. The minimum Gasteiger partial charge on any atom is -0.339 e. The maximum absolute atomic E-state index is 5.89. The van der Waals surface area contributed by atoms with E-state index in [0.717, 1.165) is 16.6 Å². The average Bonchev–Trinajstić information content (AvgIpc) is 2.75. The van der Waals surface area contributed by atoms with Gasteiger partial charge in [0, 0.05) is 24.7 Å². The lowest BCUT2D eigenvalue weighted by atomic mass is 10.4. The molecule has 6 heteroatoms. The molecule has 2 aromatic heterocycles. The largest absolute Gasteiger partial charge is 0.339 e. The number of anilines is 1. The third-order valence-electron chi connectivity index (χ3n) is 2.27. The third kappa shape index (κ3) is 3.15. The zero-order valence-corrected chi connectivity index (χ0v) is 11.0. The highest BCUT2D eigenvalue weighted by Gasteiger charge is 2.07. The molecule has 0 saturated carbocycles. The van der Waals surface area contributed by atoms with E-state index in [1.807, 2.05) is 30.1 Å². The number of hydrogen-bond acceptors (Lipinski definition) is 5. The summed E-state index contributed by atoms with van der Waals surface area (Å²) in [4.78, 5) is 11.7. The molecule has 0 aliphatic heterocycles. The third-order valence-corrected chi connectivity index (χ3v) is 3.49. The Hall–Kier alpha value is -1.17. The van der Waals surface area contributed by atoms with E-state index in [9.17, 15) is 0 Å². The summed E-state index contributed by atoms with van der Waals surface area (Å²) in [5.41, 5.74) is 6.39. The molecule has 0 bridgehead atoms. The minimum atomic E-state index is 0.425. The summed E-state index contributed by atoms with van der Waals surface area (Å²) in [6.07, 6.45) is 1.72. The fourth-order valence-corrected chi connectivity index (χ4v) is 2.56. The van der Waals surface area contributed by atoms with Crippen LogP contribution in [0.1, 0.15) is 10.6 Å². The number of hydrogen-bond donors (Lipinski definition) is 1. The zero-order valence-electron chi connectivity index (χ0n) is 9.43. The van der Waals surface area contributed by atoms with Crippen molar-refractivity contribution in [3.63, 3.8) is 0 Å². The van der Waals surface area contributed by atoms with E-state index in [1.54, 1.807) is 17.5 Å². The first-order valence-corrected chi connectivity index (χ1v) is 6.36. The molecule has 2 aromatic rings. The van der Waals surface area contributed by atoms with E-state index in [2.05, 4.69) is 9.97 Å². The van der Waals surface area contributed by atoms with Crippen molar-refractivity contribution < 1.29 is 0 Å². The van der Waals surface area contributed by atoms with Crippen molar-refractivity contribution in [3.05, 3.63) is 39.3 Å². The van der Waals surface area contributed by atoms with E-state index in [-0.39, 0.29) is 0 Å². The molecule has 2 heterocycles. The molecule has 2 N–H and O–H groups in total. The van der Waals surface area contributed by atoms with Gasteiger partial charge in [-0.15, -0.1) is 11.3 Å². The van der Waals surface area contributed by atoms with E-state index in [0.29, 0.717) is 12.5 Å². The predicted molar refractivity (Wildman–Crippen MR) is 71.4 cm³/mol. The second-order valence-electron chi connectivity index (χ2n) is 3.61. The lowest BCUT2D eigenvalue weighted by Crippen LogP contribution is -2.19. The molecule has 0 saturated heterocycles. The van der Waals surface area contributed by atoms with Crippen molar-refractivity contribution in [2.45, 2.75) is 13.1 Å². The monoisotopic (exact) mass is 268 g/mol. The Balaban J connectivity index is 2.11. The maximum Gasteiger partial charge on any atom is 0.225 e. The minimum absolute atomic E-state index is 0.425. The molecule has 90 valence electrons. The summed E-state index contributed by atoms with van der Waals surface area (Å²) in [7, 11) is 1.95. The summed E-state index contributed by atoms with van der Waals surface area (Å²) < 4.78 is 0.796. The maximum atomic E-state index is 5.89. The molecule has 4 nitrogen and oxygen atoms in total. The molecular formula is C11H13ClN4S.